The van der Waals surface area contributed by atoms with Gasteiger partial charge >= 0.3 is 5.97 Å². The molecule has 0 atom stereocenters. The lowest BCUT2D eigenvalue weighted by Gasteiger charge is -2.09. The van der Waals surface area contributed by atoms with Gasteiger partial charge in [0.05, 0.1) is 17.4 Å². The van der Waals surface area contributed by atoms with Crippen molar-refractivity contribution < 1.29 is 9.90 Å². The van der Waals surface area contributed by atoms with Gasteiger partial charge in [0.1, 0.15) is 5.52 Å². The zero-order valence-electron chi connectivity index (χ0n) is 10.6. The van der Waals surface area contributed by atoms with Crippen molar-refractivity contribution in [2.45, 2.75) is 13.0 Å². The largest absolute Gasteiger partial charge is 0.478 e. The molecule has 5 heteroatoms. The number of aryl methyl sites for hydroxylation is 1. The summed E-state index contributed by atoms with van der Waals surface area (Å²) in [6.07, 6.45) is 2.72. The van der Waals surface area contributed by atoms with Crippen LogP contribution in [0.5, 0.6) is 0 Å². The van der Waals surface area contributed by atoms with E-state index in [1.165, 1.54) is 0 Å². The Bertz CT molecular complexity index is 560. The Kier molecular flexibility index (Phi) is 3.62. The van der Waals surface area contributed by atoms with Crippen LogP contribution in [0.1, 0.15) is 16.8 Å². The Morgan fingerprint density at radius 2 is 2.22 bits per heavy atom. The maximum atomic E-state index is 11.1. The number of aromatic carboxylic acids is 1. The molecule has 5 nitrogen and oxygen atoms in total. The summed E-state index contributed by atoms with van der Waals surface area (Å²) in [5.41, 5.74) is 1.71. The van der Waals surface area contributed by atoms with Gasteiger partial charge in [0.15, 0.2) is 0 Å². The highest BCUT2D eigenvalue weighted by Gasteiger charge is 2.11. The molecule has 0 aliphatic rings. The van der Waals surface area contributed by atoms with Crippen LogP contribution >= 0.6 is 0 Å². The lowest BCUT2D eigenvalue weighted by molar-refractivity contribution is 0.0699. The second-order valence-corrected chi connectivity index (χ2v) is 4.57. The van der Waals surface area contributed by atoms with Gasteiger partial charge in [-0.05, 0) is 39.2 Å². The van der Waals surface area contributed by atoms with Crippen LogP contribution < -0.4 is 0 Å². The Hall–Kier alpha value is -1.88. The summed E-state index contributed by atoms with van der Waals surface area (Å²) < 4.78 is 2.01. The number of fused-ring (bicyclic) bond motifs is 1. The summed E-state index contributed by atoms with van der Waals surface area (Å²) in [6.45, 7) is 1.84. The molecule has 0 spiro atoms. The summed E-state index contributed by atoms with van der Waals surface area (Å²) in [5.74, 6) is -0.931. The highest BCUT2D eigenvalue weighted by Crippen LogP contribution is 2.17. The topological polar surface area (TPSA) is 58.4 Å². The number of imidazole rings is 1. The third kappa shape index (κ3) is 2.51. The smallest absolute Gasteiger partial charge is 0.337 e. The molecule has 0 radical (unpaired) electrons. The zero-order valence-corrected chi connectivity index (χ0v) is 10.6. The van der Waals surface area contributed by atoms with Crippen LogP contribution in [0.4, 0.5) is 0 Å². The molecule has 0 fully saturated rings. The minimum atomic E-state index is -0.931. The van der Waals surface area contributed by atoms with E-state index in [4.69, 9.17) is 5.11 Å². The number of aromatic nitrogens is 2. The van der Waals surface area contributed by atoms with Gasteiger partial charge in [-0.2, -0.15) is 0 Å². The number of carbonyl (C=O) groups is 1. The first-order chi connectivity index (χ1) is 8.59. The molecule has 1 aromatic heterocycles. The van der Waals surface area contributed by atoms with Gasteiger partial charge in [-0.1, -0.05) is 6.07 Å². The fourth-order valence-electron chi connectivity index (χ4n) is 2.00. The van der Waals surface area contributed by atoms with Gasteiger partial charge in [0.2, 0.25) is 0 Å². The van der Waals surface area contributed by atoms with E-state index in [9.17, 15) is 4.79 Å². The third-order valence-corrected chi connectivity index (χ3v) is 2.89. The normalized spacial score (nSPS) is 11.3. The second-order valence-electron chi connectivity index (χ2n) is 4.57. The van der Waals surface area contributed by atoms with Crippen molar-refractivity contribution >= 4 is 17.0 Å². The van der Waals surface area contributed by atoms with Gasteiger partial charge in [-0.3, -0.25) is 0 Å². The highest BCUT2D eigenvalue weighted by atomic mass is 16.4. The number of carboxylic acid groups (broad SMARTS) is 1. The van der Waals surface area contributed by atoms with E-state index in [0.29, 0.717) is 5.52 Å². The Balaban J connectivity index is 2.26. The molecule has 0 saturated carbocycles. The minimum Gasteiger partial charge on any atom is -0.478 e. The van der Waals surface area contributed by atoms with Crippen LogP contribution in [0, 0.1) is 0 Å². The van der Waals surface area contributed by atoms with Crippen molar-refractivity contribution in [2.24, 2.45) is 0 Å². The van der Waals surface area contributed by atoms with Crippen molar-refractivity contribution in [2.75, 3.05) is 20.6 Å². The Morgan fingerprint density at radius 1 is 1.44 bits per heavy atom. The summed E-state index contributed by atoms with van der Waals surface area (Å²) in [5, 5.41) is 9.09. The fraction of sp³-hybridized carbons (Fsp3) is 0.385. The van der Waals surface area contributed by atoms with Gasteiger partial charge < -0.3 is 14.6 Å². The van der Waals surface area contributed by atoms with Crippen LogP contribution in [0.2, 0.25) is 0 Å². The quantitative estimate of drug-likeness (QED) is 0.873. The molecule has 0 amide bonds. The van der Waals surface area contributed by atoms with E-state index in [0.717, 1.165) is 25.0 Å². The van der Waals surface area contributed by atoms with E-state index in [1.54, 1.807) is 18.5 Å². The summed E-state index contributed by atoms with van der Waals surface area (Å²) in [6, 6.07) is 5.25. The molecule has 0 bridgehead atoms. The van der Waals surface area contributed by atoms with Crippen LogP contribution in [-0.2, 0) is 6.54 Å². The van der Waals surface area contributed by atoms with Gasteiger partial charge in [0.25, 0.3) is 0 Å². The van der Waals surface area contributed by atoms with Crippen LogP contribution in [0.25, 0.3) is 11.0 Å². The maximum absolute atomic E-state index is 11.1. The van der Waals surface area contributed by atoms with E-state index < -0.39 is 5.97 Å². The predicted molar refractivity (Wildman–Crippen MR) is 69.9 cm³/mol. The number of nitrogens with zero attached hydrogens (tertiary/aromatic N) is 3. The molecular formula is C13H17N3O2. The molecule has 1 heterocycles. The standard InChI is InChI=1S/C13H17N3O2/c1-15(2)7-4-8-16-9-14-12-10(13(17)18)5-3-6-11(12)16/h3,5-6,9H,4,7-8H2,1-2H3,(H,17,18). The zero-order chi connectivity index (χ0) is 13.1. The van der Waals surface area contributed by atoms with E-state index in [1.807, 2.05) is 24.7 Å². The lowest BCUT2D eigenvalue weighted by Crippen LogP contribution is -2.14. The first-order valence-corrected chi connectivity index (χ1v) is 5.91. The lowest BCUT2D eigenvalue weighted by atomic mass is 10.2. The van der Waals surface area contributed by atoms with Crippen LogP contribution in [0.3, 0.4) is 0 Å². The van der Waals surface area contributed by atoms with Crippen LogP contribution in [-0.4, -0.2) is 46.2 Å². The van der Waals surface area contributed by atoms with Crippen molar-refractivity contribution in [1.82, 2.24) is 14.5 Å². The van der Waals surface area contributed by atoms with E-state index in [-0.39, 0.29) is 5.56 Å². The maximum Gasteiger partial charge on any atom is 0.337 e. The number of hydrogen-bond acceptors (Lipinski definition) is 3. The SMILES string of the molecule is CN(C)CCCn1cnc2c(C(=O)O)cccc21. The molecule has 2 aromatic rings. The molecule has 18 heavy (non-hydrogen) atoms. The van der Waals surface area contributed by atoms with Crippen LogP contribution in [0.15, 0.2) is 24.5 Å². The minimum absolute atomic E-state index is 0.263. The molecule has 0 aliphatic carbocycles. The van der Waals surface area contributed by atoms with Crippen molar-refractivity contribution in [3.8, 4) is 0 Å². The summed E-state index contributed by atoms with van der Waals surface area (Å²) >= 11 is 0. The predicted octanol–water partition coefficient (Wildman–Crippen LogP) is 1.69. The first-order valence-electron chi connectivity index (χ1n) is 5.91. The number of benzene rings is 1. The number of rotatable bonds is 5. The average Bonchev–Trinajstić information content (AvgIpc) is 2.72. The van der Waals surface area contributed by atoms with E-state index >= 15 is 0 Å². The highest BCUT2D eigenvalue weighted by molar-refractivity contribution is 6.00. The molecule has 0 aliphatic heterocycles. The number of para-hydroxylation sites is 1. The molecule has 0 saturated heterocycles. The van der Waals surface area contributed by atoms with Crippen molar-refractivity contribution in [1.29, 1.82) is 0 Å². The third-order valence-electron chi connectivity index (χ3n) is 2.89. The fourth-order valence-corrected chi connectivity index (χ4v) is 2.00. The van der Waals surface area contributed by atoms with Gasteiger partial charge in [-0.25, -0.2) is 9.78 Å². The molecule has 96 valence electrons. The van der Waals surface area contributed by atoms with Gasteiger partial charge in [-0.15, -0.1) is 0 Å². The Labute approximate surface area is 106 Å². The Morgan fingerprint density at radius 3 is 2.89 bits per heavy atom. The molecule has 0 unspecified atom stereocenters. The summed E-state index contributed by atoms with van der Waals surface area (Å²) in [4.78, 5) is 17.4. The van der Waals surface area contributed by atoms with Crippen molar-refractivity contribution in [3.63, 3.8) is 0 Å². The first kappa shape index (κ1) is 12.6. The van der Waals surface area contributed by atoms with E-state index in [2.05, 4.69) is 9.88 Å². The number of hydrogen-bond donors (Lipinski definition) is 1. The molecular weight excluding hydrogens is 230 g/mol. The average molecular weight is 247 g/mol. The van der Waals surface area contributed by atoms with Gasteiger partial charge in [0, 0.05) is 6.54 Å². The molecule has 1 N–H and O–H groups in total. The second kappa shape index (κ2) is 5.18. The number of carboxylic acids is 1. The van der Waals surface area contributed by atoms with Crippen molar-refractivity contribution in [3.05, 3.63) is 30.1 Å². The summed E-state index contributed by atoms with van der Waals surface area (Å²) in [7, 11) is 4.07. The molecule has 2 rings (SSSR count). The monoisotopic (exact) mass is 247 g/mol. The molecule has 1 aromatic carbocycles.